The second kappa shape index (κ2) is 12.1. The van der Waals surface area contributed by atoms with E-state index in [-0.39, 0.29) is 5.91 Å². The van der Waals surface area contributed by atoms with Crippen LogP contribution in [0.3, 0.4) is 0 Å². The maximum atomic E-state index is 13.0. The molecule has 0 aliphatic heterocycles. The van der Waals surface area contributed by atoms with Gasteiger partial charge in [0.1, 0.15) is 0 Å². The third-order valence-electron chi connectivity index (χ3n) is 4.62. The summed E-state index contributed by atoms with van der Waals surface area (Å²) >= 11 is 3.40. The van der Waals surface area contributed by atoms with Crippen LogP contribution in [0.15, 0.2) is 48.5 Å². The van der Waals surface area contributed by atoms with Gasteiger partial charge in [-0.2, -0.15) is 0 Å². The Morgan fingerprint density at radius 1 is 0.867 bits per heavy atom. The summed E-state index contributed by atoms with van der Waals surface area (Å²) in [6.07, 6.45) is 3.18. The Kier molecular flexibility index (Phi) is 9.54. The van der Waals surface area contributed by atoms with Crippen LogP contribution in [0.25, 0.3) is 0 Å². The molecule has 0 saturated heterocycles. The zero-order valence-corrected chi connectivity index (χ0v) is 18.8. The van der Waals surface area contributed by atoms with E-state index in [0.717, 1.165) is 30.2 Å². The van der Waals surface area contributed by atoms with Crippen LogP contribution in [0, 0.1) is 0 Å². The van der Waals surface area contributed by atoms with Crippen molar-refractivity contribution in [2.75, 3.05) is 24.4 Å². The number of amides is 1. The number of ether oxygens (including phenoxy) is 2. The summed E-state index contributed by atoms with van der Waals surface area (Å²) in [5.41, 5.74) is 2.31. The van der Waals surface area contributed by atoms with Gasteiger partial charge in [-0.3, -0.25) is 4.79 Å². The molecule has 0 heterocycles. The smallest absolute Gasteiger partial charge is 0.337 e. The van der Waals surface area contributed by atoms with Gasteiger partial charge in [-0.1, -0.05) is 40.5 Å². The maximum Gasteiger partial charge on any atom is 0.337 e. The molecule has 0 aliphatic carbocycles. The van der Waals surface area contributed by atoms with Crippen molar-refractivity contribution in [3.8, 4) is 0 Å². The van der Waals surface area contributed by atoms with Gasteiger partial charge < -0.3 is 14.4 Å². The summed E-state index contributed by atoms with van der Waals surface area (Å²) < 4.78 is 9.52. The predicted molar refractivity (Wildman–Crippen MR) is 119 cm³/mol. The SMILES string of the molecule is COC(=O)c1ccc(CN(C(=O)CCCCCBr)c2cccc(C(=O)OC)c2)cc1. The summed E-state index contributed by atoms with van der Waals surface area (Å²) in [5, 5.41) is 0.915. The van der Waals surface area contributed by atoms with Crippen molar-refractivity contribution in [2.24, 2.45) is 0 Å². The summed E-state index contributed by atoms with van der Waals surface area (Å²) in [6.45, 7) is 0.323. The number of unbranched alkanes of at least 4 members (excludes halogenated alkanes) is 2. The van der Waals surface area contributed by atoms with Gasteiger partial charge in [-0.15, -0.1) is 0 Å². The van der Waals surface area contributed by atoms with E-state index in [1.165, 1.54) is 14.2 Å². The first-order valence-corrected chi connectivity index (χ1v) is 10.8. The highest BCUT2D eigenvalue weighted by atomic mass is 79.9. The predicted octanol–water partition coefficient (Wildman–Crippen LogP) is 4.75. The van der Waals surface area contributed by atoms with Crippen molar-refractivity contribution in [3.05, 3.63) is 65.2 Å². The van der Waals surface area contributed by atoms with E-state index in [1.54, 1.807) is 53.4 Å². The standard InChI is InChI=1S/C23H26BrNO5/c1-29-22(27)18-12-10-17(11-13-18)16-25(21(26)9-4-3-5-14-24)20-8-6-7-19(15-20)23(28)30-2/h6-8,10-13,15H,3-5,9,14,16H2,1-2H3. The van der Waals surface area contributed by atoms with E-state index in [1.807, 2.05) is 0 Å². The lowest BCUT2D eigenvalue weighted by Crippen LogP contribution is -2.30. The first-order valence-electron chi connectivity index (χ1n) is 9.72. The fourth-order valence-electron chi connectivity index (χ4n) is 2.97. The number of halogens is 1. The Labute approximate surface area is 185 Å². The van der Waals surface area contributed by atoms with E-state index < -0.39 is 11.9 Å². The molecule has 160 valence electrons. The molecule has 0 fully saturated rings. The van der Waals surface area contributed by atoms with Crippen LogP contribution in [0.4, 0.5) is 5.69 Å². The Bertz CT molecular complexity index is 866. The minimum atomic E-state index is -0.455. The Morgan fingerprint density at radius 2 is 1.53 bits per heavy atom. The summed E-state index contributed by atoms with van der Waals surface area (Å²) in [4.78, 5) is 38.2. The number of methoxy groups -OCH3 is 2. The molecule has 0 bridgehead atoms. The van der Waals surface area contributed by atoms with Crippen molar-refractivity contribution in [1.82, 2.24) is 0 Å². The average molecular weight is 476 g/mol. The zero-order valence-electron chi connectivity index (χ0n) is 17.2. The highest BCUT2D eigenvalue weighted by molar-refractivity contribution is 9.09. The van der Waals surface area contributed by atoms with E-state index in [2.05, 4.69) is 15.9 Å². The second-order valence-electron chi connectivity index (χ2n) is 6.71. The lowest BCUT2D eigenvalue weighted by molar-refractivity contribution is -0.118. The van der Waals surface area contributed by atoms with Crippen molar-refractivity contribution in [1.29, 1.82) is 0 Å². The molecular weight excluding hydrogens is 450 g/mol. The number of nitrogens with zero attached hydrogens (tertiary/aromatic N) is 1. The van der Waals surface area contributed by atoms with Crippen LogP contribution in [0.5, 0.6) is 0 Å². The first-order chi connectivity index (χ1) is 14.5. The molecule has 2 rings (SSSR count). The quantitative estimate of drug-likeness (QED) is 0.281. The summed E-state index contributed by atoms with van der Waals surface area (Å²) in [5.74, 6) is -0.889. The van der Waals surface area contributed by atoms with Crippen LogP contribution >= 0.6 is 15.9 Å². The minimum absolute atomic E-state index is 0.0244. The van der Waals surface area contributed by atoms with Crippen molar-refractivity contribution in [2.45, 2.75) is 32.2 Å². The molecule has 0 aromatic heterocycles. The van der Waals surface area contributed by atoms with Crippen LogP contribution in [0.2, 0.25) is 0 Å². The van der Waals surface area contributed by atoms with Gasteiger partial charge in [0.15, 0.2) is 0 Å². The molecule has 1 amide bonds. The average Bonchev–Trinajstić information content (AvgIpc) is 2.79. The highest BCUT2D eigenvalue weighted by Crippen LogP contribution is 2.22. The molecule has 6 nitrogen and oxygen atoms in total. The number of hydrogen-bond acceptors (Lipinski definition) is 5. The molecule has 0 atom stereocenters. The van der Waals surface area contributed by atoms with E-state index in [9.17, 15) is 14.4 Å². The van der Waals surface area contributed by atoms with Crippen LogP contribution < -0.4 is 4.90 Å². The topological polar surface area (TPSA) is 72.9 Å². The molecular formula is C23H26BrNO5. The van der Waals surface area contributed by atoms with Gasteiger partial charge in [0.2, 0.25) is 5.91 Å². The van der Waals surface area contributed by atoms with Gasteiger partial charge in [-0.05, 0) is 48.7 Å². The zero-order chi connectivity index (χ0) is 21.9. The minimum Gasteiger partial charge on any atom is -0.465 e. The number of benzene rings is 2. The van der Waals surface area contributed by atoms with Crippen molar-refractivity contribution >= 4 is 39.5 Å². The van der Waals surface area contributed by atoms with Crippen LogP contribution in [-0.2, 0) is 20.8 Å². The highest BCUT2D eigenvalue weighted by Gasteiger charge is 2.18. The molecule has 0 aliphatic rings. The summed E-state index contributed by atoms with van der Waals surface area (Å²) in [7, 11) is 2.66. The van der Waals surface area contributed by atoms with Crippen LogP contribution in [0.1, 0.15) is 52.0 Å². The lowest BCUT2D eigenvalue weighted by Gasteiger charge is -2.24. The van der Waals surface area contributed by atoms with Gasteiger partial charge in [-0.25, -0.2) is 9.59 Å². The number of rotatable bonds is 10. The first kappa shape index (κ1) is 23.6. The van der Waals surface area contributed by atoms with Gasteiger partial charge in [0.25, 0.3) is 0 Å². The third-order valence-corrected chi connectivity index (χ3v) is 5.18. The maximum absolute atomic E-state index is 13.0. The molecule has 0 N–H and O–H groups in total. The molecule has 0 spiro atoms. The van der Waals surface area contributed by atoms with E-state index in [0.29, 0.717) is 29.8 Å². The number of hydrogen-bond donors (Lipinski definition) is 0. The third kappa shape index (κ3) is 6.69. The second-order valence-corrected chi connectivity index (χ2v) is 7.50. The molecule has 0 unspecified atom stereocenters. The number of carbonyl (C=O) groups excluding carboxylic acids is 3. The molecule has 0 saturated carbocycles. The fourth-order valence-corrected chi connectivity index (χ4v) is 3.37. The van der Waals surface area contributed by atoms with Gasteiger partial charge in [0, 0.05) is 17.4 Å². The van der Waals surface area contributed by atoms with Crippen molar-refractivity contribution in [3.63, 3.8) is 0 Å². The van der Waals surface area contributed by atoms with Crippen molar-refractivity contribution < 1.29 is 23.9 Å². The van der Waals surface area contributed by atoms with Gasteiger partial charge >= 0.3 is 11.9 Å². The molecule has 7 heteroatoms. The molecule has 30 heavy (non-hydrogen) atoms. The summed E-state index contributed by atoms with van der Waals surface area (Å²) in [6, 6.07) is 13.8. The Morgan fingerprint density at radius 3 is 2.17 bits per heavy atom. The number of carbonyl (C=O) groups is 3. The molecule has 0 radical (unpaired) electrons. The van der Waals surface area contributed by atoms with E-state index in [4.69, 9.17) is 9.47 Å². The van der Waals surface area contributed by atoms with Crippen LogP contribution in [-0.4, -0.2) is 37.4 Å². The Hall–Kier alpha value is -2.67. The number of anilines is 1. The fraction of sp³-hybridized carbons (Fsp3) is 0.348. The molecule has 2 aromatic rings. The normalized spacial score (nSPS) is 10.4. The largest absolute Gasteiger partial charge is 0.465 e. The number of esters is 2. The van der Waals surface area contributed by atoms with E-state index >= 15 is 0 Å². The lowest BCUT2D eigenvalue weighted by atomic mass is 10.1. The Balaban J connectivity index is 2.26. The monoisotopic (exact) mass is 475 g/mol. The molecule has 2 aromatic carbocycles. The number of alkyl halides is 1. The van der Waals surface area contributed by atoms with Gasteiger partial charge in [0.05, 0.1) is 31.9 Å².